The Hall–Kier alpha value is -2.42. The van der Waals surface area contributed by atoms with Gasteiger partial charge in [-0.05, 0) is 73.6 Å². The molecule has 7 nitrogen and oxygen atoms in total. The molecule has 2 aliphatic rings. The van der Waals surface area contributed by atoms with E-state index in [0.29, 0.717) is 18.8 Å². The summed E-state index contributed by atoms with van der Waals surface area (Å²) in [4.78, 5) is 24.6. The standard InChI is InChI=1S/C23H25ClN2O5S/c24-20-10-8-18(14-21(20)32(29,30)26-11-2-1-3-12-26)23(28)31-15-22(27)25-19-9-7-16-5-4-6-17(16)13-19/h7-10,13-14H,1-6,11-12,15H2,(H,25,27). The van der Waals surface area contributed by atoms with Crippen molar-refractivity contribution in [3.63, 3.8) is 0 Å². The molecule has 170 valence electrons. The van der Waals surface area contributed by atoms with Gasteiger partial charge in [0.05, 0.1) is 10.6 Å². The normalized spacial score (nSPS) is 16.4. The van der Waals surface area contributed by atoms with Crippen LogP contribution in [0.15, 0.2) is 41.3 Å². The van der Waals surface area contributed by atoms with Gasteiger partial charge >= 0.3 is 5.97 Å². The zero-order chi connectivity index (χ0) is 22.7. The van der Waals surface area contributed by atoms with Gasteiger partial charge in [0.1, 0.15) is 4.90 Å². The van der Waals surface area contributed by atoms with Crippen LogP contribution in [0.25, 0.3) is 0 Å². The highest BCUT2D eigenvalue weighted by atomic mass is 35.5. The van der Waals surface area contributed by atoms with Crippen LogP contribution in [0.4, 0.5) is 5.69 Å². The molecule has 0 aromatic heterocycles. The number of rotatable bonds is 6. The fourth-order valence-electron chi connectivity index (χ4n) is 4.13. The minimum atomic E-state index is -3.81. The van der Waals surface area contributed by atoms with Gasteiger partial charge in [-0.25, -0.2) is 13.2 Å². The highest BCUT2D eigenvalue weighted by Gasteiger charge is 2.29. The van der Waals surface area contributed by atoms with Crippen molar-refractivity contribution in [3.05, 3.63) is 58.1 Å². The maximum absolute atomic E-state index is 13.0. The van der Waals surface area contributed by atoms with E-state index in [9.17, 15) is 18.0 Å². The Morgan fingerprint density at radius 1 is 0.969 bits per heavy atom. The molecular weight excluding hydrogens is 452 g/mol. The van der Waals surface area contributed by atoms with Crippen LogP contribution in [0, 0.1) is 0 Å². The lowest BCUT2D eigenvalue weighted by Gasteiger charge is -2.26. The lowest BCUT2D eigenvalue weighted by atomic mass is 10.1. The molecule has 0 spiro atoms. The number of aryl methyl sites for hydroxylation is 2. The summed E-state index contributed by atoms with van der Waals surface area (Å²) in [7, 11) is -3.81. The Labute approximate surface area is 192 Å². The van der Waals surface area contributed by atoms with Crippen molar-refractivity contribution in [3.8, 4) is 0 Å². The highest BCUT2D eigenvalue weighted by Crippen LogP contribution is 2.28. The monoisotopic (exact) mass is 476 g/mol. The van der Waals surface area contributed by atoms with Crippen LogP contribution in [0.3, 0.4) is 0 Å². The van der Waals surface area contributed by atoms with Gasteiger partial charge in [-0.15, -0.1) is 0 Å². The third-order valence-electron chi connectivity index (χ3n) is 5.82. The van der Waals surface area contributed by atoms with Crippen LogP contribution in [-0.2, 0) is 32.4 Å². The molecule has 0 radical (unpaired) electrons. The predicted molar refractivity (Wildman–Crippen MR) is 121 cm³/mol. The summed E-state index contributed by atoms with van der Waals surface area (Å²) in [5.74, 6) is -1.26. The molecule has 1 N–H and O–H groups in total. The first kappa shape index (κ1) is 22.8. The molecule has 32 heavy (non-hydrogen) atoms. The summed E-state index contributed by atoms with van der Waals surface area (Å²) >= 11 is 6.14. The van der Waals surface area contributed by atoms with Gasteiger partial charge in [-0.1, -0.05) is 24.1 Å². The number of anilines is 1. The Kier molecular flexibility index (Phi) is 6.83. The van der Waals surface area contributed by atoms with E-state index >= 15 is 0 Å². The van der Waals surface area contributed by atoms with Crippen molar-refractivity contribution in [1.82, 2.24) is 4.31 Å². The number of hydrogen-bond acceptors (Lipinski definition) is 5. The molecular formula is C23H25ClN2O5S. The smallest absolute Gasteiger partial charge is 0.338 e. The summed E-state index contributed by atoms with van der Waals surface area (Å²) in [6.45, 7) is 0.374. The third kappa shape index (κ3) is 4.98. The Morgan fingerprint density at radius 3 is 2.50 bits per heavy atom. The number of benzene rings is 2. The van der Waals surface area contributed by atoms with Gasteiger partial charge in [0.15, 0.2) is 6.61 Å². The van der Waals surface area contributed by atoms with Crippen molar-refractivity contribution < 1.29 is 22.7 Å². The van der Waals surface area contributed by atoms with Crippen molar-refractivity contribution in [2.75, 3.05) is 25.0 Å². The number of carbonyl (C=O) groups excluding carboxylic acids is 2. The molecule has 1 aliphatic carbocycles. The van der Waals surface area contributed by atoms with Crippen LogP contribution in [0.2, 0.25) is 5.02 Å². The number of ether oxygens (including phenoxy) is 1. The van der Waals surface area contributed by atoms with Crippen LogP contribution < -0.4 is 5.32 Å². The molecule has 0 atom stereocenters. The molecule has 1 heterocycles. The number of carbonyl (C=O) groups is 2. The quantitative estimate of drug-likeness (QED) is 0.640. The molecule has 9 heteroatoms. The first-order valence-corrected chi connectivity index (χ1v) is 12.5. The number of piperidine rings is 1. The van der Waals surface area contributed by atoms with Crippen LogP contribution in [0.5, 0.6) is 0 Å². The van der Waals surface area contributed by atoms with Gasteiger partial charge in [-0.2, -0.15) is 4.31 Å². The van der Waals surface area contributed by atoms with Crippen LogP contribution in [-0.4, -0.2) is 44.3 Å². The summed E-state index contributed by atoms with van der Waals surface area (Å²) in [5.41, 5.74) is 3.21. The maximum atomic E-state index is 13.0. The number of nitrogens with zero attached hydrogens (tertiary/aromatic N) is 1. The van der Waals surface area contributed by atoms with Gasteiger partial charge < -0.3 is 10.1 Å². The topological polar surface area (TPSA) is 92.8 Å². The maximum Gasteiger partial charge on any atom is 0.338 e. The number of sulfonamides is 1. The van der Waals surface area contributed by atoms with E-state index in [1.165, 1.54) is 33.6 Å². The number of fused-ring (bicyclic) bond motifs is 1. The van der Waals surface area contributed by atoms with Gasteiger partial charge in [0.25, 0.3) is 5.91 Å². The van der Waals surface area contributed by atoms with E-state index in [4.69, 9.17) is 16.3 Å². The first-order chi connectivity index (χ1) is 15.3. The third-order valence-corrected chi connectivity index (χ3v) is 8.20. The predicted octanol–water partition coefficient (Wildman–Crippen LogP) is 3.80. The molecule has 0 saturated carbocycles. The molecule has 2 aromatic rings. The van der Waals surface area contributed by atoms with E-state index < -0.39 is 28.5 Å². The molecule has 2 aromatic carbocycles. The average Bonchev–Trinajstić information content (AvgIpc) is 3.26. The molecule has 1 saturated heterocycles. The molecule has 4 rings (SSSR count). The van der Waals surface area contributed by atoms with Crippen molar-refractivity contribution in [2.24, 2.45) is 0 Å². The van der Waals surface area contributed by atoms with Crippen LogP contribution >= 0.6 is 11.6 Å². The molecule has 1 aliphatic heterocycles. The lowest BCUT2D eigenvalue weighted by molar-refractivity contribution is -0.119. The minimum absolute atomic E-state index is 0.0234. The van der Waals surface area contributed by atoms with E-state index in [0.717, 1.165) is 38.5 Å². The number of nitrogens with one attached hydrogen (secondary N) is 1. The second kappa shape index (κ2) is 9.60. The molecule has 0 bridgehead atoms. The largest absolute Gasteiger partial charge is 0.452 e. The second-order valence-corrected chi connectivity index (χ2v) is 10.4. The van der Waals surface area contributed by atoms with E-state index in [2.05, 4.69) is 5.32 Å². The summed E-state index contributed by atoms with van der Waals surface area (Å²) in [6.07, 6.45) is 5.72. The fourth-order valence-corrected chi connectivity index (χ4v) is 6.15. The number of halogens is 1. The summed E-state index contributed by atoms with van der Waals surface area (Å²) in [5, 5.41) is 2.77. The molecule has 0 unspecified atom stereocenters. The zero-order valence-corrected chi connectivity index (χ0v) is 19.2. The number of esters is 1. The van der Waals surface area contributed by atoms with Gasteiger partial charge in [0, 0.05) is 18.8 Å². The molecule has 1 fully saturated rings. The van der Waals surface area contributed by atoms with Crippen molar-refractivity contribution in [2.45, 2.75) is 43.4 Å². The van der Waals surface area contributed by atoms with Crippen molar-refractivity contribution in [1.29, 1.82) is 0 Å². The fraction of sp³-hybridized carbons (Fsp3) is 0.391. The number of amides is 1. The Balaban J connectivity index is 1.40. The Morgan fingerprint density at radius 2 is 1.72 bits per heavy atom. The van der Waals surface area contributed by atoms with E-state index in [1.807, 2.05) is 18.2 Å². The van der Waals surface area contributed by atoms with E-state index in [1.54, 1.807) is 0 Å². The lowest BCUT2D eigenvalue weighted by Crippen LogP contribution is -2.35. The number of hydrogen-bond donors (Lipinski definition) is 1. The Bertz CT molecular complexity index is 1140. The first-order valence-electron chi connectivity index (χ1n) is 10.7. The SMILES string of the molecule is O=C(COC(=O)c1ccc(Cl)c(S(=O)(=O)N2CCCCC2)c1)Nc1ccc2c(c1)CCC2. The summed E-state index contributed by atoms with van der Waals surface area (Å²) < 4.78 is 32.4. The summed E-state index contributed by atoms with van der Waals surface area (Å²) in [6, 6.07) is 9.74. The van der Waals surface area contributed by atoms with Gasteiger partial charge in [0.2, 0.25) is 10.0 Å². The average molecular weight is 477 g/mol. The second-order valence-electron chi connectivity index (χ2n) is 8.07. The van der Waals surface area contributed by atoms with Crippen LogP contribution in [0.1, 0.15) is 47.2 Å². The zero-order valence-electron chi connectivity index (χ0n) is 17.6. The van der Waals surface area contributed by atoms with Crippen molar-refractivity contribution >= 4 is 39.2 Å². The van der Waals surface area contributed by atoms with Gasteiger partial charge in [-0.3, -0.25) is 4.79 Å². The molecule has 1 amide bonds. The minimum Gasteiger partial charge on any atom is -0.452 e. The highest BCUT2D eigenvalue weighted by molar-refractivity contribution is 7.89. The van der Waals surface area contributed by atoms with E-state index in [-0.39, 0.29) is 15.5 Å².